The van der Waals surface area contributed by atoms with E-state index < -0.39 is 5.97 Å². The van der Waals surface area contributed by atoms with E-state index in [9.17, 15) is 14.4 Å². The molecule has 0 bridgehead atoms. The molecule has 4 aromatic rings. The Balaban J connectivity index is 1.51. The summed E-state index contributed by atoms with van der Waals surface area (Å²) in [6.07, 6.45) is 0. The Morgan fingerprint density at radius 2 is 1.72 bits per heavy atom. The molecule has 0 fully saturated rings. The zero-order valence-corrected chi connectivity index (χ0v) is 21.0. The van der Waals surface area contributed by atoms with Gasteiger partial charge in [0.05, 0.1) is 28.1 Å². The fourth-order valence-electron chi connectivity index (χ4n) is 3.33. The van der Waals surface area contributed by atoms with Gasteiger partial charge in [-0.2, -0.15) is 5.10 Å². The van der Waals surface area contributed by atoms with Crippen molar-refractivity contribution in [2.75, 3.05) is 5.75 Å². The van der Waals surface area contributed by atoms with E-state index in [0.717, 1.165) is 17.3 Å². The largest absolute Gasteiger partial charge is 0.427 e. The van der Waals surface area contributed by atoms with E-state index in [1.54, 1.807) is 79.7 Å². The number of carbonyl (C=O) groups is 2. The zero-order chi connectivity index (χ0) is 25.7. The number of aromatic nitrogens is 2. The fraction of sp³-hybridized carbons (Fsp3) is 0.115. The number of hydrogen-bond acceptors (Lipinski definition) is 7. The number of carbonyl (C=O) groups excluding carboxylic acids is 2. The second-order valence-electron chi connectivity index (χ2n) is 7.67. The average molecular weight is 521 g/mol. The number of nitrogens with one attached hydrogen (secondary N) is 1. The van der Waals surface area contributed by atoms with Crippen molar-refractivity contribution < 1.29 is 14.3 Å². The van der Waals surface area contributed by atoms with E-state index in [-0.39, 0.29) is 17.2 Å². The third-order valence-corrected chi connectivity index (χ3v) is 6.23. The molecule has 1 N–H and O–H groups in total. The zero-order valence-electron chi connectivity index (χ0n) is 19.4. The van der Waals surface area contributed by atoms with Crippen LogP contribution in [0, 0.1) is 0 Å². The first-order chi connectivity index (χ1) is 17.3. The number of para-hydroxylation sites is 1. The van der Waals surface area contributed by atoms with Crippen LogP contribution in [0.2, 0.25) is 5.02 Å². The molecule has 0 aliphatic heterocycles. The van der Waals surface area contributed by atoms with Crippen LogP contribution in [0.3, 0.4) is 0 Å². The van der Waals surface area contributed by atoms with Gasteiger partial charge in [0.2, 0.25) is 0 Å². The summed E-state index contributed by atoms with van der Waals surface area (Å²) in [5.41, 5.74) is 4.75. The molecule has 0 saturated heterocycles. The topological polar surface area (TPSA) is 103 Å². The van der Waals surface area contributed by atoms with Crippen LogP contribution in [0.5, 0.6) is 5.75 Å². The Morgan fingerprint density at radius 1 is 1.03 bits per heavy atom. The lowest BCUT2D eigenvalue weighted by atomic mass is 10.1. The summed E-state index contributed by atoms with van der Waals surface area (Å²) < 4.78 is 6.48. The number of amides is 1. The van der Waals surface area contributed by atoms with Gasteiger partial charge in [-0.1, -0.05) is 35.5 Å². The third-order valence-electron chi connectivity index (χ3n) is 5.04. The molecule has 0 unspecified atom stereocenters. The molecule has 10 heteroatoms. The lowest BCUT2D eigenvalue weighted by Gasteiger charge is -2.13. The Labute approximate surface area is 216 Å². The van der Waals surface area contributed by atoms with Crippen LogP contribution < -0.4 is 15.7 Å². The monoisotopic (exact) mass is 520 g/mol. The molecule has 0 atom stereocenters. The minimum absolute atomic E-state index is 0.0134. The lowest BCUT2D eigenvalue weighted by molar-refractivity contribution is -0.131. The first kappa shape index (κ1) is 25.2. The maximum atomic E-state index is 13.3. The van der Waals surface area contributed by atoms with Crippen molar-refractivity contribution in [1.29, 1.82) is 0 Å². The molecular weight excluding hydrogens is 500 g/mol. The number of fused-ring (bicyclic) bond motifs is 1. The molecule has 1 heterocycles. The van der Waals surface area contributed by atoms with Gasteiger partial charge in [-0.25, -0.2) is 10.4 Å². The summed E-state index contributed by atoms with van der Waals surface area (Å²) >= 11 is 7.14. The predicted molar refractivity (Wildman–Crippen MR) is 141 cm³/mol. The number of halogens is 1. The van der Waals surface area contributed by atoms with Crippen molar-refractivity contribution in [3.63, 3.8) is 0 Å². The van der Waals surface area contributed by atoms with Gasteiger partial charge in [0.15, 0.2) is 5.16 Å². The molecule has 0 spiro atoms. The number of hydrazone groups is 1. The fourth-order valence-corrected chi connectivity index (χ4v) is 4.26. The molecule has 0 saturated carbocycles. The molecule has 0 radical (unpaired) electrons. The molecule has 36 heavy (non-hydrogen) atoms. The summed E-state index contributed by atoms with van der Waals surface area (Å²) in [6, 6.07) is 20.7. The Hall–Kier alpha value is -3.95. The number of nitrogens with zero attached hydrogens (tertiary/aromatic N) is 3. The van der Waals surface area contributed by atoms with Crippen LogP contribution in [-0.2, 0) is 9.59 Å². The number of thioether (sulfide) groups is 1. The average Bonchev–Trinajstić information content (AvgIpc) is 2.87. The van der Waals surface area contributed by atoms with Crippen molar-refractivity contribution in [3.8, 4) is 11.4 Å². The smallest absolute Gasteiger partial charge is 0.308 e. The molecule has 182 valence electrons. The van der Waals surface area contributed by atoms with Gasteiger partial charge in [0, 0.05) is 11.9 Å². The number of ether oxygens (including phenoxy) is 1. The van der Waals surface area contributed by atoms with Crippen molar-refractivity contribution >= 4 is 51.9 Å². The van der Waals surface area contributed by atoms with Gasteiger partial charge in [-0.3, -0.25) is 19.0 Å². The van der Waals surface area contributed by atoms with Crippen LogP contribution in [0.4, 0.5) is 0 Å². The van der Waals surface area contributed by atoms with Crippen molar-refractivity contribution in [2.45, 2.75) is 19.0 Å². The third kappa shape index (κ3) is 5.99. The summed E-state index contributed by atoms with van der Waals surface area (Å²) in [7, 11) is 0. The van der Waals surface area contributed by atoms with Crippen molar-refractivity contribution in [3.05, 3.63) is 93.7 Å². The predicted octanol–water partition coefficient (Wildman–Crippen LogP) is 4.60. The van der Waals surface area contributed by atoms with Crippen LogP contribution >= 0.6 is 23.4 Å². The van der Waals surface area contributed by atoms with Gasteiger partial charge in [0.1, 0.15) is 5.75 Å². The molecule has 4 rings (SSSR count). The summed E-state index contributed by atoms with van der Waals surface area (Å²) in [5, 5.41) is 5.54. The van der Waals surface area contributed by atoms with E-state index in [1.165, 1.54) is 11.5 Å². The summed E-state index contributed by atoms with van der Waals surface area (Å²) in [4.78, 5) is 41.5. The normalized spacial score (nSPS) is 11.4. The Bertz CT molecular complexity index is 1520. The molecule has 3 aromatic carbocycles. The van der Waals surface area contributed by atoms with E-state index in [0.29, 0.717) is 38.2 Å². The quantitative estimate of drug-likeness (QED) is 0.0954. The number of hydrogen-bond donors (Lipinski definition) is 1. The summed E-state index contributed by atoms with van der Waals surface area (Å²) in [6.45, 7) is 3.08. The Morgan fingerprint density at radius 3 is 2.42 bits per heavy atom. The van der Waals surface area contributed by atoms with Crippen molar-refractivity contribution in [1.82, 2.24) is 15.0 Å². The number of esters is 1. The lowest BCUT2D eigenvalue weighted by Crippen LogP contribution is -2.24. The van der Waals surface area contributed by atoms with Gasteiger partial charge < -0.3 is 4.74 Å². The van der Waals surface area contributed by atoms with Gasteiger partial charge >= 0.3 is 5.97 Å². The molecular formula is C26H21ClN4O4S. The molecule has 0 aliphatic carbocycles. The molecule has 0 aliphatic rings. The minimum Gasteiger partial charge on any atom is -0.427 e. The second kappa shape index (κ2) is 11.2. The second-order valence-corrected chi connectivity index (χ2v) is 9.05. The SMILES string of the molecule is CC(=O)Oc1ccc(C(C)=NNC(=O)CSc2nc3ccccc3c(=O)n2-c2ccc(Cl)cc2)cc1. The van der Waals surface area contributed by atoms with E-state index in [4.69, 9.17) is 16.3 Å². The maximum Gasteiger partial charge on any atom is 0.308 e. The van der Waals surface area contributed by atoms with Crippen molar-refractivity contribution in [2.24, 2.45) is 5.10 Å². The van der Waals surface area contributed by atoms with Crippen LogP contribution in [0.25, 0.3) is 16.6 Å². The maximum absolute atomic E-state index is 13.3. The minimum atomic E-state index is -0.403. The van der Waals surface area contributed by atoms with E-state index >= 15 is 0 Å². The highest BCUT2D eigenvalue weighted by molar-refractivity contribution is 7.99. The van der Waals surface area contributed by atoms with Gasteiger partial charge in [-0.05, 0) is 73.2 Å². The standard InChI is InChI=1S/C26H21ClN4O4S/c1-16(18-7-13-21(14-8-18)35-17(2)32)29-30-24(33)15-36-26-28-23-6-4-3-5-22(23)25(34)31(26)20-11-9-19(27)10-12-20/h3-14H,15H2,1-2H3,(H,30,33). The molecule has 1 amide bonds. The van der Waals surface area contributed by atoms with Crippen LogP contribution in [0.1, 0.15) is 19.4 Å². The first-order valence-electron chi connectivity index (χ1n) is 10.8. The first-order valence-corrected chi connectivity index (χ1v) is 12.2. The van der Waals surface area contributed by atoms with Gasteiger partial charge in [-0.15, -0.1) is 0 Å². The molecule has 8 nitrogen and oxygen atoms in total. The van der Waals surface area contributed by atoms with E-state index in [1.807, 2.05) is 0 Å². The van der Waals surface area contributed by atoms with Gasteiger partial charge in [0.25, 0.3) is 11.5 Å². The highest BCUT2D eigenvalue weighted by Gasteiger charge is 2.15. The van der Waals surface area contributed by atoms with E-state index in [2.05, 4.69) is 15.5 Å². The molecule has 1 aromatic heterocycles. The highest BCUT2D eigenvalue weighted by atomic mass is 35.5. The van der Waals surface area contributed by atoms with Crippen LogP contribution in [0.15, 0.2) is 87.8 Å². The number of benzene rings is 3. The highest BCUT2D eigenvalue weighted by Crippen LogP contribution is 2.22. The Kier molecular flexibility index (Phi) is 7.82. The summed E-state index contributed by atoms with van der Waals surface area (Å²) in [5.74, 6) is -0.351. The number of rotatable bonds is 7. The van der Waals surface area contributed by atoms with Crippen LogP contribution in [-0.4, -0.2) is 32.9 Å².